The second-order valence-corrected chi connectivity index (χ2v) is 4.79. The third-order valence-electron chi connectivity index (χ3n) is 3.51. The van der Waals surface area contributed by atoms with Crippen LogP contribution in [0.15, 0.2) is 0 Å². The van der Waals surface area contributed by atoms with E-state index in [9.17, 15) is 9.90 Å². The summed E-state index contributed by atoms with van der Waals surface area (Å²) in [6.07, 6.45) is 1.23. The maximum absolute atomic E-state index is 12.1. The summed E-state index contributed by atoms with van der Waals surface area (Å²) in [7, 11) is 2.08. The van der Waals surface area contributed by atoms with Crippen LogP contribution in [0, 0.1) is 0 Å². The van der Waals surface area contributed by atoms with Crippen molar-refractivity contribution in [3.63, 3.8) is 0 Å². The Balaban J connectivity index is 1.83. The van der Waals surface area contributed by atoms with Gasteiger partial charge in [-0.15, -0.1) is 0 Å². The molecule has 2 aliphatic heterocycles. The quantitative estimate of drug-likeness (QED) is 0.624. The van der Waals surface area contributed by atoms with Gasteiger partial charge in [0.2, 0.25) is 0 Å². The van der Waals surface area contributed by atoms with Gasteiger partial charge in [-0.25, -0.2) is 4.79 Å². The summed E-state index contributed by atoms with van der Waals surface area (Å²) < 4.78 is 0. The second kappa shape index (κ2) is 5.01. The fourth-order valence-electron chi connectivity index (χ4n) is 2.25. The van der Waals surface area contributed by atoms with Gasteiger partial charge in [0.25, 0.3) is 0 Å². The minimum atomic E-state index is -0.212. The van der Waals surface area contributed by atoms with Gasteiger partial charge in [0.05, 0.1) is 6.10 Å². The van der Waals surface area contributed by atoms with Crippen LogP contribution in [0.1, 0.15) is 12.8 Å². The predicted octanol–water partition coefficient (Wildman–Crippen LogP) is -0.189. The summed E-state index contributed by atoms with van der Waals surface area (Å²) in [5, 5.41) is 9.40. The number of hydrogen-bond acceptors (Lipinski definition) is 3. The number of urea groups is 1. The molecular formula is C11H21N3O2. The number of piperazine rings is 1. The zero-order valence-electron chi connectivity index (χ0n) is 9.93. The van der Waals surface area contributed by atoms with Gasteiger partial charge in [-0.3, -0.25) is 0 Å². The van der Waals surface area contributed by atoms with Gasteiger partial charge in [0, 0.05) is 39.3 Å². The van der Waals surface area contributed by atoms with Crippen LogP contribution in [0.25, 0.3) is 0 Å². The number of hydrogen-bond donors (Lipinski definition) is 1. The van der Waals surface area contributed by atoms with Crippen molar-refractivity contribution in [2.24, 2.45) is 0 Å². The monoisotopic (exact) mass is 227 g/mol. The zero-order valence-corrected chi connectivity index (χ0v) is 9.93. The first-order chi connectivity index (χ1) is 7.66. The molecule has 5 heteroatoms. The van der Waals surface area contributed by atoms with Crippen LogP contribution in [0.5, 0.6) is 0 Å². The van der Waals surface area contributed by atoms with E-state index in [-0.39, 0.29) is 12.1 Å². The van der Waals surface area contributed by atoms with E-state index in [1.54, 1.807) is 0 Å². The Morgan fingerprint density at radius 1 is 1.00 bits per heavy atom. The van der Waals surface area contributed by atoms with Gasteiger partial charge in [-0.1, -0.05) is 0 Å². The Morgan fingerprint density at radius 2 is 1.50 bits per heavy atom. The van der Waals surface area contributed by atoms with Crippen LogP contribution < -0.4 is 0 Å². The van der Waals surface area contributed by atoms with E-state index in [2.05, 4.69) is 11.9 Å². The van der Waals surface area contributed by atoms with Crippen molar-refractivity contribution in [3.05, 3.63) is 0 Å². The molecule has 2 aliphatic rings. The molecule has 0 aromatic carbocycles. The van der Waals surface area contributed by atoms with E-state index < -0.39 is 0 Å². The van der Waals surface area contributed by atoms with Crippen molar-refractivity contribution in [1.29, 1.82) is 0 Å². The number of aliphatic hydroxyl groups excluding tert-OH is 1. The Bertz CT molecular complexity index is 220. The normalized spacial score (nSPS) is 24.9. The molecule has 0 aromatic rings. The Kier molecular flexibility index (Phi) is 3.66. The van der Waals surface area contributed by atoms with Crippen LogP contribution in [0.3, 0.4) is 0 Å². The van der Waals surface area contributed by atoms with Crippen molar-refractivity contribution in [2.45, 2.75) is 18.9 Å². The molecule has 0 saturated carbocycles. The number of piperidine rings is 1. The van der Waals surface area contributed by atoms with Crippen LogP contribution in [0.4, 0.5) is 4.79 Å². The first-order valence-corrected chi connectivity index (χ1v) is 6.07. The summed E-state index contributed by atoms with van der Waals surface area (Å²) in [6, 6.07) is 0.153. The van der Waals surface area contributed by atoms with Crippen LogP contribution in [0.2, 0.25) is 0 Å². The molecule has 0 bridgehead atoms. The van der Waals surface area contributed by atoms with Gasteiger partial charge in [-0.05, 0) is 19.9 Å². The summed E-state index contributed by atoms with van der Waals surface area (Å²) >= 11 is 0. The number of rotatable bonds is 0. The molecule has 0 radical (unpaired) electrons. The maximum atomic E-state index is 12.1. The second-order valence-electron chi connectivity index (χ2n) is 4.79. The molecule has 0 atom stereocenters. The Morgan fingerprint density at radius 3 is 2.06 bits per heavy atom. The standard InChI is InChI=1S/C11H21N3O2/c1-12-6-8-14(9-7-12)11(16)13-4-2-10(15)3-5-13/h10,15H,2-9H2,1H3. The summed E-state index contributed by atoms with van der Waals surface area (Å²) in [5.41, 5.74) is 0. The van der Waals surface area contributed by atoms with E-state index in [0.717, 1.165) is 39.0 Å². The molecule has 1 N–H and O–H groups in total. The Labute approximate surface area is 96.6 Å². The first-order valence-electron chi connectivity index (χ1n) is 6.07. The Hall–Kier alpha value is -0.810. The molecule has 2 fully saturated rings. The third-order valence-corrected chi connectivity index (χ3v) is 3.51. The van der Waals surface area contributed by atoms with Gasteiger partial charge < -0.3 is 19.8 Å². The lowest BCUT2D eigenvalue weighted by Crippen LogP contribution is -2.53. The summed E-state index contributed by atoms with van der Waals surface area (Å²) in [6.45, 7) is 4.98. The van der Waals surface area contributed by atoms with Gasteiger partial charge in [0.1, 0.15) is 0 Å². The molecule has 0 aliphatic carbocycles. The van der Waals surface area contributed by atoms with Crippen molar-refractivity contribution in [1.82, 2.24) is 14.7 Å². The molecule has 0 unspecified atom stereocenters. The smallest absolute Gasteiger partial charge is 0.320 e. The van der Waals surface area contributed by atoms with Gasteiger partial charge in [0.15, 0.2) is 0 Å². The average Bonchev–Trinajstić information content (AvgIpc) is 2.30. The zero-order chi connectivity index (χ0) is 11.5. The lowest BCUT2D eigenvalue weighted by Gasteiger charge is -2.38. The molecule has 0 aromatic heterocycles. The molecule has 2 heterocycles. The molecule has 0 spiro atoms. The van der Waals surface area contributed by atoms with Crippen LogP contribution >= 0.6 is 0 Å². The molecule has 5 nitrogen and oxygen atoms in total. The van der Waals surface area contributed by atoms with E-state index >= 15 is 0 Å². The van der Waals surface area contributed by atoms with E-state index in [1.807, 2.05) is 9.80 Å². The first kappa shape index (κ1) is 11.7. The molecule has 2 amide bonds. The SMILES string of the molecule is CN1CCN(C(=O)N2CCC(O)CC2)CC1. The number of aliphatic hydroxyl groups is 1. The third kappa shape index (κ3) is 2.65. The highest BCUT2D eigenvalue weighted by atomic mass is 16.3. The molecular weight excluding hydrogens is 206 g/mol. The molecule has 2 saturated heterocycles. The summed E-state index contributed by atoms with van der Waals surface area (Å²) in [5.74, 6) is 0. The number of likely N-dealkylation sites (tertiary alicyclic amines) is 1. The highest BCUT2D eigenvalue weighted by molar-refractivity contribution is 5.74. The van der Waals surface area contributed by atoms with Gasteiger partial charge in [-0.2, -0.15) is 0 Å². The van der Waals surface area contributed by atoms with Crippen molar-refractivity contribution in [3.8, 4) is 0 Å². The fourth-order valence-corrected chi connectivity index (χ4v) is 2.25. The molecule has 2 rings (SSSR count). The van der Waals surface area contributed by atoms with Crippen molar-refractivity contribution >= 4 is 6.03 Å². The van der Waals surface area contributed by atoms with E-state index in [0.29, 0.717) is 13.1 Å². The predicted molar refractivity (Wildman–Crippen MR) is 61.3 cm³/mol. The maximum Gasteiger partial charge on any atom is 0.320 e. The van der Waals surface area contributed by atoms with E-state index in [1.165, 1.54) is 0 Å². The van der Waals surface area contributed by atoms with Crippen molar-refractivity contribution in [2.75, 3.05) is 46.3 Å². The lowest BCUT2D eigenvalue weighted by atomic mass is 10.1. The minimum absolute atomic E-state index is 0.153. The number of likely N-dealkylation sites (N-methyl/N-ethyl adjacent to an activating group) is 1. The summed E-state index contributed by atoms with van der Waals surface area (Å²) in [4.78, 5) is 18.2. The van der Waals surface area contributed by atoms with Crippen LogP contribution in [-0.4, -0.2) is 78.3 Å². The molecule has 92 valence electrons. The van der Waals surface area contributed by atoms with Gasteiger partial charge >= 0.3 is 6.03 Å². The highest BCUT2D eigenvalue weighted by Gasteiger charge is 2.26. The topological polar surface area (TPSA) is 47.0 Å². The molecule has 16 heavy (non-hydrogen) atoms. The van der Waals surface area contributed by atoms with Crippen molar-refractivity contribution < 1.29 is 9.90 Å². The number of amides is 2. The average molecular weight is 227 g/mol. The fraction of sp³-hybridized carbons (Fsp3) is 0.909. The lowest BCUT2D eigenvalue weighted by molar-refractivity contribution is 0.0735. The largest absolute Gasteiger partial charge is 0.393 e. The highest BCUT2D eigenvalue weighted by Crippen LogP contribution is 2.13. The number of carbonyl (C=O) groups excluding carboxylic acids is 1. The minimum Gasteiger partial charge on any atom is -0.393 e. The number of nitrogens with zero attached hydrogens (tertiary/aromatic N) is 3. The van der Waals surface area contributed by atoms with E-state index in [4.69, 9.17) is 0 Å². The number of carbonyl (C=O) groups is 1. The van der Waals surface area contributed by atoms with Crippen LogP contribution in [-0.2, 0) is 0 Å².